The van der Waals surface area contributed by atoms with E-state index in [0.717, 1.165) is 12.3 Å². The third-order valence-corrected chi connectivity index (χ3v) is 3.38. The number of nitrogens with one attached hydrogen (secondary N) is 1. The molecule has 0 saturated heterocycles. The molecule has 1 aliphatic carbocycles. The number of hydrogen-bond acceptors (Lipinski definition) is 1. The Kier molecular flexibility index (Phi) is 5.59. The lowest BCUT2D eigenvalue weighted by Crippen LogP contribution is -2.30. The van der Waals surface area contributed by atoms with E-state index in [-0.39, 0.29) is 12.6 Å². The smallest absolute Gasteiger partial charge is 0.314 e. The van der Waals surface area contributed by atoms with Gasteiger partial charge < -0.3 is 5.32 Å². The molecule has 16 heavy (non-hydrogen) atoms. The molecule has 0 aromatic carbocycles. The van der Waals surface area contributed by atoms with Crippen LogP contribution in [0.25, 0.3) is 0 Å². The van der Waals surface area contributed by atoms with Crippen molar-refractivity contribution in [3.63, 3.8) is 0 Å². The van der Waals surface area contributed by atoms with E-state index < -0.39 is 12.6 Å². The Morgan fingerprint density at radius 3 is 2.44 bits per heavy atom. The van der Waals surface area contributed by atoms with E-state index in [2.05, 4.69) is 5.32 Å². The Morgan fingerprint density at radius 2 is 1.88 bits per heavy atom. The van der Waals surface area contributed by atoms with E-state index in [0.29, 0.717) is 0 Å². The molecule has 0 aromatic rings. The summed E-state index contributed by atoms with van der Waals surface area (Å²) < 4.78 is 35.7. The highest BCUT2D eigenvalue weighted by Gasteiger charge is 2.26. The Balaban J connectivity index is 2.00. The zero-order chi connectivity index (χ0) is 12.0. The first-order chi connectivity index (χ1) is 7.47. The minimum Gasteiger partial charge on any atom is -0.314 e. The van der Waals surface area contributed by atoms with Gasteiger partial charge in [-0.15, -0.1) is 0 Å². The second-order valence-corrected chi connectivity index (χ2v) is 4.95. The monoisotopic (exact) mass is 237 g/mol. The van der Waals surface area contributed by atoms with E-state index in [9.17, 15) is 13.2 Å². The van der Waals surface area contributed by atoms with Gasteiger partial charge in [0.2, 0.25) is 0 Å². The Morgan fingerprint density at radius 1 is 1.25 bits per heavy atom. The molecule has 0 amide bonds. The Bertz CT molecular complexity index is 185. The standard InChI is InChI=1S/C12H22F3N/c1-10(16-9-8-12(13,14)15)6-7-11-4-2-3-5-11/h10-11,16H,2-9H2,1H3. The van der Waals surface area contributed by atoms with Gasteiger partial charge >= 0.3 is 6.18 Å². The van der Waals surface area contributed by atoms with Gasteiger partial charge in [-0.05, 0) is 25.7 Å². The molecule has 0 aliphatic heterocycles. The minimum absolute atomic E-state index is 0.0509. The second kappa shape index (κ2) is 6.48. The molecule has 1 fully saturated rings. The second-order valence-electron chi connectivity index (χ2n) is 4.95. The molecule has 0 radical (unpaired) electrons. The van der Waals surface area contributed by atoms with Crippen molar-refractivity contribution in [1.29, 1.82) is 0 Å². The Labute approximate surface area is 95.8 Å². The molecule has 96 valence electrons. The van der Waals surface area contributed by atoms with E-state index in [1.165, 1.54) is 32.1 Å². The summed E-state index contributed by atoms with van der Waals surface area (Å²) in [6.07, 6.45) is 2.72. The van der Waals surface area contributed by atoms with Gasteiger partial charge in [-0.2, -0.15) is 13.2 Å². The Hall–Kier alpha value is -0.250. The lowest BCUT2D eigenvalue weighted by Gasteiger charge is -2.16. The zero-order valence-corrected chi connectivity index (χ0v) is 9.95. The first-order valence-electron chi connectivity index (χ1n) is 6.27. The normalized spacial score (nSPS) is 20.2. The average molecular weight is 237 g/mol. The van der Waals surface area contributed by atoms with Gasteiger partial charge in [0.05, 0.1) is 6.42 Å². The quantitative estimate of drug-likeness (QED) is 0.739. The molecular weight excluding hydrogens is 215 g/mol. The molecule has 4 heteroatoms. The fourth-order valence-electron chi connectivity index (χ4n) is 2.35. The molecule has 1 unspecified atom stereocenters. The summed E-state index contributed by atoms with van der Waals surface area (Å²) in [7, 11) is 0. The lowest BCUT2D eigenvalue weighted by atomic mass is 9.99. The van der Waals surface area contributed by atoms with E-state index in [4.69, 9.17) is 0 Å². The number of rotatable bonds is 6. The van der Waals surface area contributed by atoms with Crippen LogP contribution in [0.15, 0.2) is 0 Å². The van der Waals surface area contributed by atoms with Gasteiger partial charge in [0, 0.05) is 12.6 Å². The van der Waals surface area contributed by atoms with Crippen LogP contribution >= 0.6 is 0 Å². The predicted octanol–water partition coefficient (Wildman–Crippen LogP) is 3.89. The molecule has 1 saturated carbocycles. The van der Waals surface area contributed by atoms with Gasteiger partial charge in [0.15, 0.2) is 0 Å². The van der Waals surface area contributed by atoms with Crippen LogP contribution in [-0.4, -0.2) is 18.8 Å². The topological polar surface area (TPSA) is 12.0 Å². The van der Waals surface area contributed by atoms with E-state index in [1.807, 2.05) is 6.92 Å². The van der Waals surface area contributed by atoms with Crippen molar-refractivity contribution in [2.24, 2.45) is 5.92 Å². The minimum atomic E-state index is -4.03. The maximum Gasteiger partial charge on any atom is 0.390 e. The van der Waals surface area contributed by atoms with Crippen LogP contribution in [0.1, 0.15) is 51.9 Å². The third kappa shape index (κ3) is 6.36. The highest BCUT2D eigenvalue weighted by atomic mass is 19.4. The summed E-state index contributed by atoms with van der Waals surface area (Å²) in [5.41, 5.74) is 0. The molecule has 1 N–H and O–H groups in total. The molecule has 0 heterocycles. The van der Waals surface area contributed by atoms with Gasteiger partial charge in [0.1, 0.15) is 0 Å². The fraction of sp³-hybridized carbons (Fsp3) is 1.00. The van der Waals surface area contributed by atoms with Crippen LogP contribution in [0.4, 0.5) is 13.2 Å². The summed E-state index contributed by atoms with van der Waals surface area (Å²) in [6, 6.07) is 0.211. The van der Waals surface area contributed by atoms with E-state index >= 15 is 0 Å². The van der Waals surface area contributed by atoms with Crippen molar-refractivity contribution in [1.82, 2.24) is 5.32 Å². The van der Waals surface area contributed by atoms with Crippen LogP contribution in [-0.2, 0) is 0 Å². The first-order valence-corrected chi connectivity index (χ1v) is 6.27. The van der Waals surface area contributed by atoms with Crippen molar-refractivity contribution in [3.8, 4) is 0 Å². The fourth-order valence-corrected chi connectivity index (χ4v) is 2.35. The van der Waals surface area contributed by atoms with Crippen LogP contribution in [0.2, 0.25) is 0 Å². The maximum absolute atomic E-state index is 11.9. The van der Waals surface area contributed by atoms with Gasteiger partial charge in [0.25, 0.3) is 0 Å². The molecule has 0 spiro atoms. The number of alkyl halides is 3. The first kappa shape index (κ1) is 13.8. The molecule has 0 bridgehead atoms. The SMILES string of the molecule is CC(CCC1CCCC1)NCCC(F)(F)F. The predicted molar refractivity (Wildman–Crippen MR) is 59.3 cm³/mol. The highest BCUT2D eigenvalue weighted by Crippen LogP contribution is 2.28. The average Bonchev–Trinajstić information content (AvgIpc) is 2.65. The molecule has 0 aromatic heterocycles. The highest BCUT2D eigenvalue weighted by molar-refractivity contribution is 4.70. The summed E-state index contributed by atoms with van der Waals surface area (Å²) in [5.74, 6) is 0.826. The van der Waals surface area contributed by atoms with Crippen LogP contribution in [0.3, 0.4) is 0 Å². The number of halogens is 3. The number of hydrogen-bond donors (Lipinski definition) is 1. The molecular formula is C12H22F3N. The van der Waals surface area contributed by atoms with Crippen molar-refractivity contribution < 1.29 is 13.2 Å². The van der Waals surface area contributed by atoms with Crippen LogP contribution in [0, 0.1) is 5.92 Å². The van der Waals surface area contributed by atoms with Gasteiger partial charge in [-0.25, -0.2) is 0 Å². The van der Waals surface area contributed by atoms with Crippen molar-refractivity contribution in [2.45, 2.75) is 64.1 Å². The van der Waals surface area contributed by atoms with Gasteiger partial charge in [-0.3, -0.25) is 0 Å². The summed E-state index contributed by atoms with van der Waals surface area (Å²) in [5, 5.41) is 2.94. The van der Waals surface area contributed by atoms with E-state index in [1.54, 1.807) is 0 Å². The van der Waals surface area contributed by atoms with Gasteiger partial charge in [-0.1, -0.05) is 25.7 Å². The lowest BCUT2D eigenvalue weighted by molar-refractivity contribution is -0.133. The maximum atomic E-state index is 11.9. The molecule has 1 aliphatic rings. The van der Waals surface area contributed by atoms with Crippen LogP contribution < -0.4 is 5.32 Å². The summed E-state index contributed by atoms with van der Waals surface area (Å²) in [4.78, 5) is 0. The third-order valence-electron chi connectivity index (χ3n) is 3.38. The van der Waals surface area contributed by atoms with Crippen molar-refractivity contribution in [2.75, 3.05) is 6.54 Å². The molecule has 1 atom stereocenters. The largest absolute Gasteiger partial charge is 0.390 e. The zero-order valence-electron chi connectivity index (χ0n) is 9.95. The molecule has 1 rings (SSSR count). The summed E-state index contributed by atoms with van der Waals surface area (Å²) in [6.45, 7) is 2.03. The van der Waals surface area contributed by atoms with Crippen molar-refractivity contribution in [3.05, 3.63) is 0 Å². The van der Waals surface area contributed by atoms with Crippen molar-refractivity contribution >= 4 is 0 Å². The molecule has 1 nitrogen and oxygen atoms in total. The summed E-state index contributed by atoms with van der Waals surface area (Å²) >= 11 is 0. The van der Waals surface area contributed by atoms with Crippen LogP contribution in [0.5, 0.6) is 0 Å².